The maximum Gasteiger partial charge on any atom is 0.228 e. The lowest BCUT2D eigenvalue weighted by Gasteiger charge is -2.13. The van der Waals surface area contributed by atoms with E-state index in [1.807, 2.05) is 47.1 Å². The van der Waals surface area contributed by atoms with Crippen LogP contribution in [0.25, 0.3) is 5.69 Å². The Kier molecular flexibility index (Phi) is 4.70. The van der Waals surface area contributed by atoms with Crippen molar-refractivity contribution in [1.82, 2.24) is 14.8 Å². The summed E-state index contributed by atoms with van der Waals surface area (Å²) >= 11 is 0. The zero-order chi connectivity index (χ0) is 16.9. The number of hydrogen-bond donors (Lipinski definition) is 1. The lowest BCUT2D eigenvalue weighted by Crippen LogP contribution is -2.16. The first-order valence-corrected chi connectivity index (χ1v) is 7.97. The molecule has 1 aromatic carbocycles. The van der Waals surface area contributed by atoms with Crippen LogP contribution in [0.3, 0.4) is 0 Å². The van der Waals surface area contributed by atoms with Gasteiger partial charge in [-0.2, -0.15) is 5.10 Å². The summed E-state index contributed by atoms with van der Waals surface area (Å²) < 4.78 is 1.88. The number of carbonyl (C=O) groups is 1. The lowest BCUT2D eigenvalue weighted by molar-refractivity contribution is -0.115. The molecule has 1 amide bonds. The van der Waals surface area contributed by atoms with Crippen LogP contribution >= 0.6 is 0 Å². The van der Waals surface area contributed by atoms with Gasteiger partial charge in [-0.15, -0.1) is 0 Å². The van der Waals surface area contributed by atoms with Crippen molar-refractivity contribution in [2.45, 2.75) is 26.2 Å². The Morgan fingerprint density at radius 1 is 1.12 bits per heavy atom. The Hall–Kier alpha value is -2.95. The van der Waals surface area contributed by atoms with E-state index in [0.29, 0.717) is 6.42 Å². The maximum atomic E-state index is 12.3. The molecular weight excluding hydrogens is 300 g/mol. The molecule has 5 nitrogen and oxygen atoms in total. The number of anilines is 1. The van der Waals surface area contributed by atoms with Crippen molar-refractivity contribution < 1.29 is 4.79 Å². The minimum atomic E-state index is -0.0595. The zero-order valence-corrected chi connectivity index (χ0v) is 13.8. The highest BCUT2D eigenvalue weighted by Gasteiger charge is 2.17. The first kappa shape index (κ1) is 15.9. The number of para-hydroxylation sites is 1. The average molecular weight is 320 g/mol. The number of rotatable bonds is 5. The third-order valence-electron chi connectivity index (χ3n) is 3.74. The molecule has 0 aliphatic heterocycles. The largest absolute Gasteiger partial charge is 0.323 e. The van der Waals surface area contributed by atoms with Crippen molar-refractivity contribution >= 4 is 11.6 Å². The second-order valence-corrected chi connectivity index (χ2v) is 5.93. The van der Waals surface area contributed by atoms with Gasteiger partial charge in [-0.25, -0.2) is 4.68 Å². The fourth-order valence-corrected chi connectivity index (χ4v) is 2.67. The van der Waals surface area contributed by atoms with E-state index in [1.165, 1.54) is 0 Å². The van der Waals surface area contributed by atoms with Gasteiger partial charge in [0.15, 0.2) is 0 Å². The molecule has 0 fully saturated rings. The molecule has 0 atom stereocenters. The lowest BCUT2D eigenvalue weighted by atomic mass is 10.1. The van der Waals surface area contributed by atoms with Gasteiger partial charge in [0.25, 0.3) is 0 Å². The van der Waals surface area contributed by atoms with Gasteiger partial charge >= 0.3 is 0 Å². The van der Waals surface area contributed by atoms with E-state index in [-0.39, 0.29) is 11.8 Å². The number of pyridine rings is 1. The van der Waals surface area contributed by atoms with Crippen LogP contribution in [0.5, 0.6) is 0 Å². The predicted octanol–water partition coefficient (Wildman–Crippen LogP) is 3.57. The number of aromatic nitrogens is 3. The van der Waals surface area contributed by atoms with E-state index in [4.69, 9.17) is 0 Å². The predicted molar refractivity (Wildman–Crippen MR) is 94.2 cm³/mol. The summed E-state index contributed by atoms with van der Waals surface area (Å²) in [5, 5.41) is 7.45. The monoisotopic (exact) mass is 320 g/mol. The van der Waals surface area contributed by atoms with Gasteiger partial charge in [0.2, 0.25) is 5.91 Å². The average Bonchev–Trinajstić information content (AvgIpc) is 3.00. The Morgan fingerprint density at radius 3 is 2.50 bits per heavy atom. The fourth-order valence-electron chi connectivity index (χ4n) is 2.67. The van der Waals surface area contributed by atoms with Crippen molar-refractivity contribution in [1.29, 1.82) is 0 Å². The van der Waals surface area contributed by atoms with Crippen molar-refractivity contribution in [2.75, 3.05) is 5.32 Å². The molecule has 2 aromatic heterocycles. The van der Waals surface area contributed by atoms with Crippen LogP contribution in [0, 0.1) is 0 Å². The summed E-state index contributed by atoms with van der Waals surface area (Å²) in [5.74, 6) is 0.166. The summed E-state index contributed by atoms with van der Waals surface area (Å²) in [6.45, 7) is 4.18. The topological polar surface area (TPSA) is 59.8 Å². The molecule has 3 aromatic rings. The van der Waals surface area contributed by atoms with Gasteiger partial charge < -0.3 is 5.32 Å². The highest BCUT2D eigenvalue weighted by molar-refractivity contribution is 5.92. The SMILES string of the molecule is CC(C)c1c(NC(=O)Cc2ccncc2)cnn1-c1ccccc1. The van der Waals surface area contributed by atoms with Crippen LogP contribution < -0.4 is 5.32 Å². The first-order chi connectivity index (χ1) is 11.6. The second kappa shape index (κ2) is 7.08. The van der Waals surface area contributed by atoms with E-state index in [1.54, 1.807) is 18.6 Å². The molecule has 0 saturated heterocycles. The second-order valence-electron chi connectivity index (χ2n) is 5.93. The van der Waals surface area contributed by atoms with Crippen LogP contribution in [0.1, 0.15) is 31.0 Å². The Balaban J connectivity index is 1.83. The Labute approximate surface area is 141 Å². The number of carbonyl (C=O) groups excluding carboxylic acids is 1. The zero-order valence-electron chi connectivity index (χ0n) is 13.8. The van der Waals surface area contributed by atoms with Gasteiger partial charge in [-0.05, 0) is 35.7 Å². The molecule has 0 bridgehead atoms. The standard InChI is InChI=1S/C19H20N4O/c1-14(2)19-17(13-21-23(19)16-6-4-3-5-7-16)22-18(24)12-15-8-10-20-11-9-15/h3-11,13-14H,12H2,1-2H3,(H,22,24). The highest BCUT2D eigenvalue weighted by Crippen LogP contribution is 2.26. The van der Waals surface area contributed by atoms with Gasteiger partial charge in [0.05, 0.1) is 29.7 Å². The Bertz CT molecular complexity index is 810. The molecule has 0 radical (unpaired) electrons. The number of hydrogen-bond acceptors (Lipinski definition) is 3. The molecule has 5 heteroatoms. The Morgan fingerprint density at radius 2 is 1.83 bits per heavy atom. The molecule has 24 heavy (non-hydrogen) atoms. The third-order valence-corrected chi connectivity index (χ3v) is 3.74. The van der Waals surface area contributed by atoms with Crippen LogP contribution in [-0.2, 0) is 11.2 Å². The quantitative estimate of drug-likeness (QED) is 0.782. The smallest absolute Gasteiger partial charge is 0.228 e. The van der Waals surface area contributed by atoms with Crippen molar-refractivity contribution in [3.63, 3.8) is 0 Å². The molecule has 0 saturated carbocycles. The molecule has 0 spiro atoms. The number of benzene rings is 1. The number of amides is 1. The van der Waals surface area contributed by atoms with Crippen LogP contribution in [0.2, 0.25) is 0 Å². The normalized spacial score (nSPS) is 10.8. The van der Waals surface area contributed by atoms with Gasteiger partial charge in [-0.1, -0.05) is 32.0 Å². The van der Waals surface area contributed by atoms with E-state index >= 15 is 0 Å². The summed E-state index contributed by atoms with van der Waals surface area (Å²) in [6, 6.07) is 13.6. The first-order valence-electron chi connectivity index (χ1n) is 7.97. The summed E-state index contributed by atoms with van der Waals surface area (Å²) in [7, 11) is 0. The van der Waals surface area contributed by atoms with Crippen LogP contribution in [-0.4, -0.2) is 20.7 Å². The summed E-state index contributed by atoms with van der Waals surface area (Å²) in [6.07, 6.45) is 5.41. The van der Waals surface area contributed by atoms with Crippen molar-refractivity contribution in [2.24, 2.45) is 0 Å². The molecular formula is C19H20N4O. The van der Waals surface area contributed by atoms with Crippen LogP contribution in [0.15, 0.2) is 61.1 Å². The molecule has 1 N–H and O–H groups in total. The molecule has 0 unspecified atom stereocenters. The van der Waals surface area contributed by atoms with E-state index < -0.39 is 0 Å². The van der Waals surface area contributed by atoms with Crippen molar-refractivity contribution in [3.05, 3.63) is 72.3 Å². The summed E-state index contributed by atoms with van der Waals surface area (Å²) in [4.78, 5) is 16.3. The van der Waals surface area contributed by atoms with E-state index in [2.05, 4.69) is 29.2 Å². The van der Waals surface area contributed by atoms with E-state index in [9.17, 15) is 4.79 Å². The minimum Gasteiger partial charge on any atom is -0.323 e. The van der Waals surface area contributed by atoms with Gasteiger partial charge in [0.1, 0.15) is 0 Å². The maximum absolute atomic E-state index is 12.3. The molecule has 0 aliphatic carbocycles. The van der Waals surface area contributed by atoms with Gasteiger partial charge in [-0.3, -0.25) is 9.78 Å². The number of nitrogens with one attached hydrogen (secondary N) is 1. The van der Waals surface area contributed by atoms with Crippen LogP contribution in [0.4, 0.5) is 5.69 Å². The highest BCUT2D eigenvalue weighted by atomic mass is 16.1. The minimum absolute atomic E-state index is 0.0595. The third kappa shape index (κ3) is 3.51. The molecule has 3 rings (SSSR count). The number of nitrogens with zero attached hydrogens (tertiary/aromatic N) is 3. The molecule has 122 valence electrons. The van der Waals surface area contributed by atoms with Gasteiger partial charge in [0, 0.05) is 12.4 Å². The van der Waals surface area contributed by atoms with Crippen molar-refractivity contribution in [3.8, 4) is 5.69 Å². The molecule has 2 heterocycles. The fraction of sp³-hybridized carbons (Fsp3) is 0.211. The van der Waals surface area contributed by atoms with E-state index in [0.717, 1.165) is 22.6 Å². The summed E-state index contributed by atoms with van der Waals surface area (Å²) in [5.41, 5.74) is 3.66. The molecule has 0 aliphatic rings.